The highest BCUT2D eigenvalue weighted by atomic mass is 35.5. The van der Waals surface area contributed by atoms with Gasteiger partial charge in [0.2, 0.25) is 0 Å². The van der Waals surface area contributed by atoms with Crippen LogP contribution in [0.4, 0.5) is 0 Å². The van der Waals surface area contributed by atoms with Crippen molar-refractivity contribution >= 4 is 34.8 Å². The molecule has 1 nitrogen and oxygen atoms in total. The van der Waals surface area contributed by atoms with Crippen molar-refractivity contribution in [3.05, 3.63) is 68.7 Å². The summed E-state index contributed by atoms with van der Waals surface area (Å²) < 4.78 is 0. The second-order valence-electron chi connectivity index (χ2n) is 4.83. The monoisotopic (exact) mass is 327 g/mol. The Morgan fingerprint density at radius 2 is 1.55 bits per heavy atom. The molecule has 0 saturated carbocycles. The van der Waals surface area contributed by atoms with E-state index in [4.69, 9.17) is 34.8 Å². The van der Waals surface area contributed by atoms with Crippen molar-refractivity contribution in [2.45, 2.75) is 25.9 Å². The van der Waals surface area contributed by atoms with Crippen LogP contribution in [0.15, 0.2) is 42.5 Å². The van der Waals surface area contributed by atoms with Gasteiger partial charge in [0.25, 0.3) is 0 Å². The number of halogens is 3. The molecule has 0 spiro atoms. The second-order valence-corrected chi connectivity index (χ2v) is 6.11. The standard InChI is InChI=1S/C16H16Cl3N/c1-10(12-4-3-5-13(17)8-12)20-11(2)15-7-6-14(18)9-16(15)19/h3-11,20H,1-2H3/t10-,11?/m0/s1. The predicted octanol–water partition coefficient (Wildman–Crippen LogP) is 6.06. The Hall–Kier alpha value is -0.730. The van der Waals surface area contributed by atoms with E-state index >= 15 is 0 Å². The Morgan fingerprint density at radius 1 is 0.850 bits per heavy atom. The van der Waals surface area contributed by atoms with E-state index in [-0.39, 0.29) is 12.1 Å². The van der Waals surface area contributed by atoms with Crippen LogP contribution in [0.5, 0.6) is 0 Å². The van der Waals surface area contributed by atoms with Gasteiger partial charge in [0.1, 0.15) is 0 Å². The number of benzene rings is 2. The van der Waals surface area contributed by atoms with Gasteiger partial charge in [-0.2, -0.15) is 0 Å². The quantitative estimate of drug-likeness (QED) is 0.719. The van der Waals surface area contributed by atoms with Crippen molar-refractivity contribution in [1.29, 1.82) is 0 Å². The van der Waals surface area contributed by atoms with Gasteiger partial charge in [-0.1, -0.05) is 53.0 Å². The van der Waals surface area contributed by atoms with Crippen molar-refractivity contribution in [1.82, 2.24) is 5.32 Å². The van der Waals surface area contributed by atoms with Gasteiger partial charge in [0.15, 0.2) is 0 Å². The van der Waals surface area contributed by atoms with Crippen molar-refractivity contribution in [3.8, 4) is 0 Å². The van der Waals surface area contributed by atoms with Crippen molar-refractivity contribution in [2.24, 2.45) is 0 Å². The van der Waals surface area contributed by atoms with E-state index in [0.717, 1.165) is 16.1 Å². The fourth-order valence-corrected chi connectivity index (χ4v) is 2.96. The molecule has 2 rings (SSSR count). The van der Waals surface area contributed by atoms with E-state index in [0.29, 0.717) is 10.0 Å². The first-order valence-corrected chi connectivity index (χ1v) is 7.57. The summed E-state index contributed by atoms with van der Waals surface area (Å²) in [5.74, 6) is 0. The second kappa shape index (κ2) is 6.82. The molecule has 0 aliphatic carbocycles. The average Bonchev–Trinajstić information content (AvgIpc) is 2.38. The fourth-order valence-electron chi connectivity index (χ4n) is 2.19. The van der Waals surface area contributed by atoms with Crippen LogP contribution in [0.25, 0.3) is 0 Å². The molecule has 20 heavy (non-hydrogen) atoms. The summed E-state index contributed by atoms with van der Waals surface area (Å²) in [6.45, 7) is 4.18. The highest BCUT2D eigenvalue weighted by Gasteiger charge is 2.14. The largest absolute Gasteiger partial charge is 0.304 e. The molecule has 0 bridgehead atoms. The van der Waals surface area contributed by atoms with Crippen LogP contribution in [-0.2, 0) is 0 Å². The molecule has 2 atom stereocenters. The minimum Gasteiger partial charge on any atom is -0.304 e. The summed E-state index contributed by atoms with van der Waals surface area (Å²) in [5, 5.41) is 5.58. The van der Waals surface area contributed by atoms with Gasteiger partial charge in [-0.25, -0.2) is 0 Å². The Kier molecular flexibility index (Phi) is 5.34. The van der Waals surface area contributed by atoms with Crippen LogP contribution in [-0.4, -0.2) is 0 Å². The summed E-state index contributed by atoms with van der Waals surface area (Å²) >= 11 is 18.2. The molecule has 4 heteroatoms. The molecular formula is C16H16Cl3N. The maximum atomic E-state index is 6.23. The average molecular weight is 329 g/mol. The molecule has 0 fully saturated rings. The number of rotatable bonds is 4. The van der Waals surface area contributed by atoms with Crippen LogP contribution >= 0.6 is 34.8 Å². The molecular weight excluding hydrogens is 313 g/mol. The van der Waals surface area contributed by atoms with E-state index in [9.17, 15) is 0 Å². The van der Waals surface area contributed by atoms with Crippen LogP contribution < -0.4 is 5.32 Å². The lowest BCUT2D eigenvalue weighted by Gasteiger charge is -2.22. The number of hydrogen-bond acceptors (Lipinski definition) is 1. The Labute approximate surface area is 134 Å². The van der Waals surface area contributed by atoms with Gasteiger partial charge in [-0.05, 0) is 49.2 Å². The van der Waals surface area contributed by atoms with Gasteiger partial charge in [-0.15, -0.1) is 0 Å². The molecule has 1 unspecified atom stereocenters. The molecule has 0 heterocycles. The van der Waals surface area contributed by atoms with Gasteiger partial charge < -0.3 is 5.32 Å². The molecule has 2 aromatic rings. The van der Waals surface area contributed by atoms with E-state index in [1.165, 1.54) is 0 Å². The topological polar surface area (TPSA) is 12.0 Å². The maximum Gasteiger partial charge on any atom is 0.0468 e. The summed E-state index contributed by atoms with van der Waals surface area (Å²) in [7, 11) is 0. The highest BCUT2D eigenvalue weighted by molar-refractivity contribution is 6.35. The van der Waals surface area contributed by atoms with Crippen LogP contribution in [0.3, 0.4) is 0 Å². The van der Waals surface area contributed by atoms with E-state index in [1.807, 2.05) is 30.3 Å². The number of nitrogens with one attached hydrogen (secondary N) is 1. The Morgan fingerprint density at radius 3 is 2.20 bits per heavy atom. The van der Waals surface area contributed by atoms with E-state index in [1.54, 1.807) is 6.07 Å². The highest BCUT2D eigenvalue weighted by Crippen LogP contribution is 2.28. The van der Waals surface area contributed by atoms with Crippen LogP contribution in [0.1, 0.15) is 37.1 Å². The zero-order chi connectivity index (χ0) is 14.7. The van der Waals surface area contributed by atoms with Gasteiger partial charge in [-0.3, -0.25) is 0 Å². The maximum absolute atomic E-state index is 6.23. The molecule has 0 aliphatic rings. The van der Waals surface area contributed by atoms with Crippen LogP contribution in [0.2, 0.25) is 15.1 Å². The summed E-state index contributed by atoms with van der Waals surface area (Å²) in [6, 6.07) is 13.7. The van der Waals surface area contributed by atoms with Gasteiger partial charge in [0.05, 0.1) is 0 Å². The summed E-state index contributed by atoms with van der Waals surface area (Å²) in [6.07, 6.45) is 0. The lowest BCUT2D eigenvalue weighted by molar-refractivity contribution is 0.495. The Balaban J connectivity index is 2.12. The smallest absolute Gasteiger partial charge is 0.0468 e. The predicted molar refractivity (Wildman–Crippen MR) is 87.9 cm³/mol. The minimum absolute atomic E-state index is 0.119. The zero-order valence-corrected chi connectivity index (χ0v) is 13.6. The first kappa shape index (κ1) is 15.7. The lowest BCUT2D eigenvalue weighted by Crippen LogP contribution is -2.22. The van der Waals surface area contributed by atoms with Crippen molar-refractivity contribution < 1.29 is 0 Å². The third kappa shape index (κ3) is 3.89. The third-order valence-corrected chi connectivity index (χ3v) is 4.08. The molecule has 0 amide bonds. The molecule has 106 valence electrons. The summed E-state index contributed by atoms with van der Waals surface area (Å²) in [5.41, 5.74) is 2.18. The van der Waals surface area contributed by atoms with Gasteiger partial charge in [0, 0.05) is 27.2 Å². The first-order valence-electron chi connectivity index (χ1n) is 6.44. The molecule has 2 aromatic carbocycles. The van der Waals surface area contributed by atoms with Crippen molar-refractivity contribution in [2.75, 3.05) is 0 Å². The van der Waals surface area contributed by atoms with Gasteiger partial charge >= 0.3 is 0 Å². The van der Waals surface area contributed by atoms with E-state index in [2.05, 4.69) is 25.2 Å². The minimum atomic E-state index is 0.119. The van der Waals surface area contributed by atoms with E-state index < -0.39 is 0 Å². The third-order valence-electron chi connectivity index (χ3n) is 3.28. The molecule has 0 saturated heterocycles. The lowest BCUT2D eigenvalue weighted by atomic mass is 10.0. The van der Waals surface area contributed by atoms with Crippen molar-refractivity contribution in [3.63, 3.8) is 0 Å². The SMILES string of the molecule is CC(N[C@@H](C)c1cccc(Cl)c1)c1ccc(Cl)cc1Cl. The number of hydrogen-bond donors (Lipinski definition) is 1. The zero-order valence-electron chi connectivity index (χ0n) is 11.3. The molecule has 0 radical (unpaired) electrons. The van der Waals surface area contributed by atoms with Crippen LogP contribution in [0, 0.1) is 0 Å². The normalized spacial score (nSPS) is 14.1. The molecule has 0 aromatic heterocycles. The molecule has 1 N–H and O–H groups in total. The first-order chi connectivity index (χ1) is 9.47. The summed E-state index contributed by atoms with van der Waals surface area (Å²) in [4.78, 5) is 0. The Bertz CT molecular complexity index is 598. The molecule has 0 aliphatic heterocycles. The fraction of sp³-hybridized carbons (Fsp3) is 0.250.